The van der Waals surface area contributed by atoms with Crippen LogP contribution >= 0.6 is 24.8 Å². The number of nitrogens with two attached hydrogens (primary N) is 1. The van der Waals surface area contributed by atoms with Crippen molar-refractivity contribution in [2.75, 3.05) is 13.1 Å². The molecule has 2 aromatic rings. The zero-order chi connectivity index (χ0) is 14.8. The number of aromatic amines is 1. The topological polar surface area (TPSA) is 75.0 Å². The molecule has 3 rings (SSSR count). The number of carbonyl (C=O) groups is 1. The van der Waals surface area contributed by atoms with E-state index < -0.39 is 0 Å². The molecule has 3 heterocycles. The number of pyridine rings is 1. The van der Waals surface area contributed by atoms with Crippen LogP contribution in [-0.4, -0.2) is 39.9 Å². The van der Waals surface area contributed by atoms with Crippen LogP contribution in [0.5, 0.6) is 0 Å². The standard InChI is InChI=1S/C16H22N4O.2ClH/c1-11(17)9-15(21)20-7-4-12(5-8-20)14-10-19-16-13(14)3-2-6-18-16;;/h2-3,6,10-12H,4-5,7-9,17H2,1H3,(H,18,19);2*1H. The molecule has 1 saturated heterocycles. The highest BCUT2D eigenvalue weighted by Gasteiger charge is 2.25. The van der Waals surface area contributed by atoms with E-state index in [0.717, 1.165) is 31.6 Å². The monoisotopic (exact) mass is 358 g/mol. The van der Waals surface area contributed by atoms with E-state index in [0.29, 0.717) is 12.3 Å². The summed E-state index contributed by atoms with van der Waals surface area (Å²) in [6.45, 7) is 3.52. The molecule has 0 aromatic carbocycles. The molecule has 3 N–H and O–H groups in total. The molecular weight excluding hydrogens is 335 g/mol. The van der Waals surface area contributed by atoms with Crippen molar-refractivity contribution in [3.63, 3.8) is 0 Å². The fraction of sp³-hybridized carbons (Fsp3) is 0.500. The predicted octanol–water partition coefficient (Wildman–Crippen LogP) is 2.85. The summed E-state index contributed by atoms with van der Waals surface area (Å²) in [6, 6.07) is 4.03. The van der Waals surface area contributed by atoms with Crippen LogP contribution < -0.4 is 5.73 Å². The maximum absolute atomic E-state index is 12.0. The number of likely N-dealkylation sites (tertiary alicyclic amines) is 1. The summed E-state index contributed by atoms with van der Waals surface area (Å²) in [4.78, 5) is 21.6. The lowest BCUT2D eigenvalue weighted by atomic mass is 9.89. The molecule has 128 valence electrons. The molecule has 1 atom stereocenters. The molecule has 5 nitrogen and oxygen atoms in total. The first-order valence-electron chi connectivity index (χ1n) is 7.60. The second kappa shape index (κ2) is 8.52. The van der Waals surface area contributed by atoms with E-state index in [1.165, 1.54) is 10.9 Å². The van der Waals surface area contributed by atoms with Crippen molar-refractivity contribution in [1.29, 1.82) is 0 Å². The van der Waals surface area contributed by atoms with Crippen LogP contribution in [0.1, 0.15) is 37.7 Å². The number of hydrogen-bond donors (Lipinski definition) is 2. The largest absolute Gasteiger partial charge is 0.346 e. The third kappa shape index (κ3) is 4.37. The number of carbonyl (C=O) groups excluding carboxylic acids is 1. The van der Waals surface area contributed by atoms with Gasteiger partial charge in [-0.15, -0.1) is 24.8 Å². The van der Waals surface area contributed by atoms with Gasteiger partial charge < -0.3 is 15.6 Å². The Balaban J connectivity index is 0.00000132. The van der Waals surface area contributed by atoms with Gasteiger partial charge in [0.1, 0.15) is 5.65 Å². The fourth-order valence-corrected chi connectivity index (χ4v) is 3.16. The van der Waals surface area contributed by atoms with E-state index in [-0.39, 0.29) is 36.8 Å². The van der Waals surface area contributed by atoms with Crippen molar-refractivity contribution in [3.8, 4) is 0 Å². The minimum absolute atomic E-state index is 0. The van der Waals surface area contributed by atoms with Crippen molar-refractivity contribution >= 4 is 41.8 Å². The predicted molar refractivity (Wildman–Crippen MR) is 97.4 cm³/mol. The Morgan fingerprint density at radius 2 is 2.13 bits per heavy atom. The maximum Gasteiger partial charge on any atom is 0.224 e. The number of nitrogens with zero attached hydrogens (tertiary/aromatic N) is 2. The number of amides is 1. The minimum atomic E-state index is -0.0603. The first kappa shape index (κ1) is 19.7. The number of hydrogen-bond acceptors (Lipinski definition) is 3. The van der Waals surface area contributed by atoms with Gasteiger partial charge in [-0.05, 0) is 43.4 Å². The van der Waals surface area contributed by atoms with E-state index in [1.807, 2.05) is 17.9 Å². The third-order valence-corrected chi connectivity index (χ3v) is 4.27. The highest BCUT2D eigenvalue weighted by molar-refractivity contribution is 5.85. The van der Waals surface area contributed by atoms with Crippen LogP contribution in [0.2, 0.25) is 0 Å². The van der Waals surface area contributed by atoms with Gasteiger partial charge in [-0.2, -0.15) is 0 Å². The molecule has 0 aliphatic carbocycles. The Morgan fingerprint density at radius 1 is 1.43 bits per heavy atom. The number of piperidine rings is 1. The van der Waals surface area contributed by atoms with E-state index in [4.69, 9.17) is 5.73 Å². The van der Waals surface area contributed by atoms with Gasteiger partial charge in [0.25, 0.3) is 0 Å². The van der Waals surface area contributed by atoms with Crippen molar-refractivity contribution in [2.45, 2.75) is 38.1 Å². The van der Waals surface area contributed by atoms with Gasteiger partial charge in [-0.25, -0.2) is 4.98 Å². The van der Waals surface area contributed by atoms with Gasteiger partial charge in [0, 0.05) is 43.3 Å². The molecule has 1 fully saturated rings. The van der Waals surface area contributed by atoms with Crippen molar-refractivity contribution < 1.29 is 4.79 Å². The fourth-order valence-electron chi connectivity index (χ4n) is 3.16. The highest BCUT2D eigenvalue weighted by atomic mass is 35.5. The van der Waals surface area contributed by atoms with Gasteiger partial charge in [0.2, 0.25) is 5.91 Å². The first-order chi connectivity index (χ1) is 10.1. The number of nitrogens with one attached hydrogen (secondary N) is 1. The van der Waals surface area contributed by atoms with Crippen molar-refractivity contribution in [2.24, 2.45) is 5.73 Å². The minimum Gasteiger partial charge on any atom is -0.346 e. The summed E-state index contributed by atoms with van der Waals surface area (Å²) in [5, 5.41) is 1.21. The SMILES string of the molecule is CC(N)CC(=O)N1CCC(c2c[nH]c3ncccc23)CC1.Cl.Cl. The molecule has 0 radical (unpaired) electrons. The lowest BCUT2D eigenvalue weighted by Crippen LogP contribution is -2.40. The molecular formula is C16H24Cl2N4O. The van der Waals surface area contributed by atoms with Crippen LogP contribution in [0.25, 0.3) is 11.0 Å². The van der Waals surface area contributed by atoms with Crippen LogP contribution in [-0.2, 0) is 4.79 Å². The lowest BCUT2D eigenvalue weighted by Gasteiger charge is -2.32. The smallest absolute Gasteiger partial charge is 0.224 e. The van der Waals surface area contributed by atoms with Crippen LogP contribution in [0.15, 0.2) is 24.5 Å². The summed E-state index contributed by atoms with van der Waals surface area (Å²) in [5.74, 6) is 0.686. The normalized spacial score (nSPS) is 16.5. The molecule has 1 aliphatic rings. The molecule has 0 saturated carbocycles. The molecule has 1 amide bonds. The number of rotatable bonds is 3. The molecule has 2 aromatic heterocycles. The Morgan fingerprint density at radius 3 is 2.78 bits per heavy atom. The van der Waals surface area contributed by atoms with Crippen LogP contribution in [0.4, 0.5) is 0 Å². The summed E-state index contributed by atoms with van der Waals surface area (Å²) < 4.78 is 0. The second-order valence-corrected chi connectivity index (χ2v) is 5.98. The van der Waals surface area contributed by atoms with Gasteiger partial charge in [-0.1, -0.05) is 0 Å². The maximum atomic E-state index is 12.0. The van der Waals surface area contributed by atoms with E-state index in [2.05, 4.69) is 22.2 Å². The molecule has 1 unspecified atom stereocenters. The molecule has 0 bridgehead atoms. The highest BCUT2D eigenvalue weighted by Crippen LogP contribution is 2.32. The van der Waals surface area contributed by atoms with E-state index in [9.17, 15) is 4.79 Å². The second-order valence-electron chi connectivity index (χ2n) is 5.98. The van der Waals surface area contributed by atoms with Gasteiger partial charge >= 0.3 is 0 Å². The average Bonchev–Trinajstić information content (AvgIpc) is 2.90. The third-order valence-electron chi connectivity index (χ3n) is 4.27. The van der Waals surface area contributed by atoms with E-state index in [1.54, 1.807) is 6.20 Å². The van der Waals surface area contributed by atoms with E-state index >= 15 is 0 Å². The quantitative estimate of drug-likeness (QED) is 0.885. The van der Waals surface area contributed by atoms with Crippen LogP contribution in [0.3, 0.4) is 0 Å². The Labute approximate surface area is 148 Å². The molecule has 0 spiro atoms. The van der Waals surface area contributed by atoms with Gasteiger partial charge in [0.15, 0.2) is 0 Å². The van der Waals surface area contributed by atoms with Crippen molar-refractivity contribution in [3.05, 3.63) is 30.1 Å². The molecule has 1 aliphatic heterocycles. The Bertz CT molecular complexity index is 636. The summed E-state index contributed by atoms with van der Waals surface area (Å²) >= 11 is 0. The molecule has 7 heteroatoms. The summed E-state index contributed by atoms with van der Waals surface area (Å²) in [7, 11) is 0. The summed E-state index contributed by atoms with van der Waals surface area (Å²) in [6.07, 6.45) is 6.33. The van der Waals surface area contributed by atoms with Gasteiger partial charge in [0.05, 0.1) is 0 Å². The Hall–Kier alpha value is -1.30. The number of fused-ring (bicyclic) bond motifs is 1. The number of aromatic nitrogens is 2. The summed E-state index contributed by atoms with van der Waals surface area (Å²) in [5.41, 5.74) is 7.99. The zero-order valence-corrected chi connectivity index (χ0v) is 14.8. The zero-order valence-electron chi connectivity index (χ0n) is 13.2. The van der Waals surface area contributed by atoms with Crippen LogP contribution in [0, 0.1) is 0 Å². The molecule has 23 heavy (non-hydrogen) atoms. The van der Waals surface area contributed by atoms with Gasteiger partial charge in [-0.3, -0.25) is 4.79 Å². The first-order valence-corrected chi connectivity index (χ1v) is 7.60. The average molecular weight is 359 g/mol. The Kier molecular flexibility index (Phi) is 7.32. The number of H-pyrrole nitrogens is 1. The lowest BCUT2D eigenvalue weighted by molar-refractivity contribution is -0.132. The van der Waals surface area contributed by atoms with Crippen molar-refractivity contribution in [1.82, 2.24) is 14.9 Å². The number of halogens is 2.